The maximum Gasteiger partial charge on any atom is 0.352 e. The van der Waals surface area contributed by atoms with Crippen LogP contribution in [0.5, 0.6) is 0 Å². The number of carboxylic acid groups (broad SMARTS) is 1. The first-order valence-corrected chi connectivity index (χ1v) is 16.0. The van der Waals surface area contributed by atoms with Gasteiger partial charge in [0.05, 0.1) is 6.61 Å². The molecule has 0 spiro atoms. The molecule has 0 aliphatic carbocycles. The average Bonchev–Trinajstić information content (AvgIpc) is 3.50. The Morgan fingerprint density at radius 3 is 2.49 bits per heavy atom. The molecule has 2 N–H and O–H groups in total. The van der Waals surface area contributed by atoms with Gasteiger partial charge in [0.2, 0.25) is 0 Å². The Morgan fingerprint density at radius 1 is 1.05 bits per heavy atom. The molecule has 0 bridgehead atoms. The van der Waals surface area contributed by atoms with Crippen molar-refractivity contribution in [2.24, 2.45) is 0 Å². The Labute approximate surface area is 257 Å². The molecule has 0 aliphatic rings. The van der Waals surface area contributed by atoms with Crippen LogP contribution in [0.4, 0.5) is 0 Å². The van der Waals surface area contributed by atoms with Crippen molar-refractivity contribution >= 4 is 34.7 Å². The fraction of sp³-hybridized carbons (Fsp3) is 0.212. The number of carbonyl (C=O) groups is 2. The van der Waals surface area contributed by atoms with E-state index in [1.807, 2.05) is 79.7 Å². The second-order valence-corrected chi connectivity index (χ2v) is 11.8. The van der Waals surface area contributed by atoms with Gasteiger partial charge in [0, 0.05) is 22.6 Å². The van der Waals surface area contributed by atoms with Gasteiger partial charge in [0.1, 0.15) is 23.3 Å². The predicted octanol–water partition coefficient (Wildman–Crippen LogP) is 6.51. The van der Waals surface area contributed by atoms with Crippen molar-refractivity contribution in [1.82, 2.24) is 5.32 Å². The maximum absolute atomic E-state index is 13.3. The molecule has 1 amide bonds. The summed E-state index contributed by atoms with van der Waals surface area (Å²) in [6.45, 7) is 4.25. The average molecular weight is 619 g/mol. The number of rotatable bonds is 14. The third-order valence-electron chi connectivity index (χ3n) is 6.59. The first-order chi connectivity index (χ1) is 20.8. The van der Waals surface area contributed by atoms with Crippen molar-refractivity contribution in [3.8, 4) is 22.5 Å². The minimum atomic E-state index is -2.50. The molecule has 0 saturated heterocycles. The summed E-state index contributed by atoms with van der Waals surface area (Å²) in [6, 6.07) is 26.5. The zero-order chi connectivity index (χ0) is 30.8. The molecule has 1 heterocycles. The standard InChI is InChI=1S/C33H33NO7S2/c1-3-42-21-31(30-16-15-29(41-30)24-10-5-4-6-11-24)40-20-23-13-14-26(27(19-23)25-12-8-7-9-22(25)2)32(35)34-28(33(36)37)17-18-43(38)39/h4-17,19,31H,3,18,20-21H2,1-2H3,(H,34,35)(H,36,37)(H,38,39)/p-1. The molecule has 2 unspecified atom stereocenters. The van der Waals surface area contributed by atoms with Gasteiger partial charge in [0.15, 0.2) is 0 Å². The van der Waals surface area contributed by atoms with Gasteiger partial charge in [-0.15, -0.1) is 0 Å². The smallest absolute Gasteiger partial charge is 0.352 e. The largest absolute Gasteiger partial charge is 0.772 e. The highest BCUT2D eigenvalue weighted by Gasteiger charge is 2.21. The lowest BCUT2D eigenvalue weighted by Crippen LogP contribution is -2.28. The lowest BCUT2D eigenvalue weighted by Gasteiger charge is -2.18. The van der Waals surface area contributed by atoms with E-state index in [0.717, 1.165) is 45.6 Å². The van der Waals surface area contributed by atoms with Crippen molar-refractivity contribution in [2.75, 3.05) is 17.3 Å². The number of benzene rings is 3. The van der Waals surface area contributed by atoms with Gasteiger partial charge in [-0.05, 0) is 65.3 Å². The molecule has 0 fully saturated rings. The van der Waals surface area contributed by atoms with Crippen LogP contribution in [0, 0.1) is 6.92 Å². The zero-order valence-corrected chi connectivity index (χ0v) is 25.4. The summed E-state index contributed by atoms with van der Waals surface area (Å²) in [6.07, 6.45) is 0.646. The molecular formula is C33H32NO7S2-. The third-order valence-corrected chi connectivity index (χ3v) is 7.98. The number of furan rings is 1. The van der Waals surface area contributed by atoms with E-state index in [4.69, 9.17) is 9.15 Å². The molecule has 10 heteroatoms. The Morgan fingerprint density at radius 2 is 1.79 bits per heavy atom. The normalized spacial score (nSPS) is 13.0. The van der Waals surface area contributed by atoms with Crippen LogP contribution in [0.2, 0.25) is 0 Å². The predicted molar refractivity (Wildman–Crippen MR) is 168 cm³/mol. The zero-order valence-electron chi connectivity index (χ0n) is 23.8. The maximum atomic E-state index is 13.3. The first-order valence-electron chi connectivity index (χ1n) is 13.6. The van der Waals surface area contributed by atoms with Crippen LogP contribution >= 0.6 is 11.8 Å². The van der Waals surface area contributed by atoms with Gasteiger partial charge >= 0.3 is 5.97 Å². The number of aliphatic carboxylic acids is 1. The molecule has 1 aromatic heterocycles. The van der Waals surface area contributed by atoms with Crippen LogP contribution < -0.4 is 5.32 Å². The van der Waals surface area contributed by atoms with Crippen LogP contribution in [-0.4, -0.2) is 43.0 Å². The second-order valence-electron chi connectivity index (χ2n) is 9.57. The highest BCUT2D eigenvalue weighted by Crippen LogP contribution is 2.32. The number of nitrogens with one attached hydrogen (secondary N) is 1. The molecule has 2 atom stereocenters. The van der Waals surface area contributed by atoms with E-state index in [0.29, 0.717) is 11.3 Å². The van der Waals surface area contributed by atoms with Crippen molar-refractivity contribution in [1.29, 1.82) is 0 Å². The molecule has 0 aliphatic heterocycles. The van der Waals surface area contributed by atoms with E-state index in [-0.39, 0.29) is 18.3 Å². The van der Waals surface area contributed by atoms with Crippen LogP contribution in [0.1, 0.15) is 40.3 Å². The summed E-state index contributed by atoms with van der Waals surface area (Å²) < 4.78 is 34.5. The highest BCUT2D eigenvalue weighted by atomic mass is 32.2. The molecular weight excluding hydrogens is 586 g/mol. The van der Waals surface area contributed by atoms with Crippen molar-refractivity contribution < 1.29 is 32.6 Å². The summed E-state index contributed by atoms with van der Waals surface area (Å²) in [7, 11) is 0. The molecule has 4 aromatic rings. The summed E-state index contributed by atoms with van der Waals surface area (Å²) in [5.41, 5.74) is 3.84. The van der Waals surface area contributed by atoms with Crippen LogP contribution in [0.25, 0.3) is 22.5 Å². The summed E-state index contributed by atoms with van der Waals surface area (Å²) in [4.78, 5) is 24.9. The van der Waals surface area contributed by atoms with E-state index >= 15 is 0 Å². The van der Waals surface area contributed by atoms with Crippen molar-refractivity contribution in [2.45, 2.75) is 26.6 Å². The van der Waals surface area contributed by atoms with E-state index in [1.54, 1.807) is 23.9 Å². The van der Waals surface area contributed by atoms with Gasteiger partial charge in [-0.2, -0.15) is 11.8 Å². The topological polar surface area (TPSA) is 129 Å². The minimum absolute atomic E-state index is 0.241. The Balaban J connectivity index is 1.61. The Kier molecular flexibility index (Phi) is 11.5. The molecule has 3 aromatic carbocycles. The number of hydrogen-bond acceptors (Lipinski definition) is 7. The number of aryl methyl sites for hydroxylation is 1. The molecule has 0 radical (unpaired) electrons. The van der Waals surface area contributed by atoms with Gasteiger partial charge in [-0.25, -0.2) is 4.79 Å². The molecule has 0 saturated carbocycles. The third kappa shape index (κ3) is 8.77. The van der Waals surface area contributed by atoms with E-state index < -0.39 is 34.4 Å². The monoisotopic (exact) mass is 618 g/mol. The molecule has 4 rings (SSSR count). The summed E-state index contributed by atoms with van der Waals surface area (Å²) in [5, 5.41) is 11.8. The lowest BCUT2D eigenvalue weighted by atomic mass is 9.94. The van der Waals surface area contributed by atoms with Crippen LogP contribution in [0.15, 0.2) is 101 Å². The lowest BCUT2D eigenvalue weighted by molar-refractivity contribution is -0.133. The van der Waals surface area contributed by atoms with Crippen molar-refractivity contribution in [3.63, 3.8) is 0 Å². The molecule has 43 heavy (non-hydrogen) atoms. The number of ether oxygens (including phenoxy) is 1. The molecule has 224 valence electrons. The van der Waals surface area contributed by atoms with E-state index in [2.05, 4.69) is 12.2 Å². The van der Waals surface area contributed by atoms with E-state index in [1.165, 1.54) is 0 Å². The summed E-state index contributed by atoms with van der Waals surface area (Å²) >= 11 is -0.753. The SMILES string of the molecule is CCSCC(OCc1ccc(C(=O)NC(=CCS(=O)[O-])C(=O)O)c(-c2ccccc2C)c1)c1ccc(-c2ccccc2)o1. The van der Waals surface area contributed by atoms with Crippen molar-refractivity contribution in [3.05, 3.63) is 119 Å². The fourth-order valence-electron chi connectivity index (χ4n) is 4.43. The quantitative estimate of drug-likeness (QED) is 0.121. The van der Waals surface area contributed by atoms with Crippen LogP contribution in [0.3, 0.4) is 0 Å². The Hall–Kier alpha value is -3.96. The number of carboxylic acids is 1. The second kappa shape index (κ2) is 15.5. The number of hydrogen-bond donors (Lipinski definition) is 2. The van der Waals surface area contributed by atoms with Gasteiger partial charge in [-0.1, -0.05) is 78.7 Å². The Bertz CT molecular complexity index is 1610. The number of thioether (sulfide) groups is 1. The minimum Gasteiger partial charge on any atom is -0.772 e. The molecule has 8 nitrogen and oxygen atoms in total. The van der Waals surface area contributed by atoms with Crippen LogP contribution in [-0.2, 0) is 27.2 Å². The van der Waals surface area contributed by atoms with Gasteiger partial charge < -0.3 is 24.1 Å². The fourth-order valence-corrected chi connectivity index (χ4v) is 5.44. The number of amides is 1. The first kappa shape index (κ1) is 32.0. The summed E-state index contributed by atoms with van der Waals surface area (Å²) in [5.74, 6) is 0.458. The van der Waals surface area contributed by atoms with Gasteiger partial charge in [-0.3, -0.25) is 9.00 Å². The number of carbonyl (C=O) groups excluding carboxylic acids is 1. The highest BCUT2D eigenvalue weighted by molar-refractivity contribution is 7.99. The van der Waals surface area contributed by atoms with E-state index in [9.17, 15) is 23.5 Å². The van der Waals surface area contributed by atoms with Gasteiger partial charge in [0.25, 0.3) is 5.91 Å².